The number of benzene rings is 3. The summed E-state index contributed by atoms with van der Waals surface area (Å²) in [6.45, 7) is 22.7. The number of carbonyl (C=O) groups excluding carboxylic acids is 9. The summed E-state index contributed by atoms with van der Waals surface area (Å²) in [6.07, 6.45) is -1.15. The number of likely N-dealkylation sites (N-methyl/N-ethyl adjacent to an activating group) is 2. The Labute approximate surface area is 647 Å². The van der Waals surface area contributed by atoms with Gasteiger partial charge in [0.05, 0.1) is 102 Å². The summed E-state index contributed by atoms with van der Waals surface area (Å²) in [6, 6.07) is 16.0. The number of anilines is 1. The van der Waals surface area contributed by atoms with Crippen molar-refractivity contribution >= 4 is 59.2 Å². The SMILES string of the molecule is CCC(C)C(C(CC(=O)N1CCCC1C(OC)C(C)C(=O)NC(C)C(O)c1ccccc1)OC)N(C)C(=O)C(NC(=O)C(C(C)C)N(C)C(=O)OCc1ccc(NC(=O)C(CCCNC(N)=O)NC(=O)C(NC(=O)CCOCCOCCOCCOCCOc2ccc(-c3nnc(C)nn3)cc2)C(C)C)cc1)C(C)C. The van der Waals surface area contributed by atoms with Gasteiger partial charge in [-0.3, -0.25) is 38.5 Å². The molecule has 0 aliphatic carbocycles. The lowest BCUT2D eigenvalue weighted by Gasteiger charge is -2.41. The van der Waals surface area contributed by atoms with Crippen LogP contribution in [-0.4, -0.2) is 249 Å². The van der Waals surface area contributed by atoms with Gasteiger partial charge in [0.25, 0.3) is 0 Å². The highest BCUT2D eigenvalue weighted by atomic mass is 16.6. The molecule has 610 valence electrons. The molecule has 0 saturated carbocycles. The number of nitrogens with one attached hydrogen (secondary N) is 6. The predicted octanol–water partition coefficient (Wildman–Crippen LogP) is 5.68. The van der Waals surface area contributed by atoms with Crippen LogP contribution in [0.15, 0.2) is 78.9 Å². The first kappa shape index (κ1) is 91.6. The van der Waals surface area contributed by atoms with Gasteiger partial charge in [-0.1, -0.05) is 111 Å². The summed E-state index contributed by atoms with van der Waals surface area (Å²) < 4.78 is 45.9. The number of nitrogens with two attached hydrogens (primary N) is 1. The fourth-order valence-corrected chi connectivity index (χ4v) is 12.9. The molecule has 5 rings (SSSR count). The van der Waals surface area contributed by atoms with E-state index in [-0.39, 0.29) is 82.3 Å². The Morgan fingerprint density at radius 1 is 0.655 bits per heavy atom. The number of carbonyl (C=O) groups is 9. The van der Waals surface area contributed by atoms with E-state index in [0.717, 1.165) is 5.56 Å². The molecule has 1 saturated heterocycles. The first-order valence-corrected chi connectivity index (χ1v) is 38.0. The van der Waals surface area contributed by atoms with Crippen LogP contribution in [0.3, 0.4) is 0 Å². The molecule has 4 aromatic rings. The average Bonchev–Trinajstić information content (AvgIpc) is 1.03. The van der Waals surface area contributed by atoms with Crippen molar-refractivity contribution in [2.75, 3.05) is 106 Å². The van der Waals surface area contributed by atoms with Crippen molar-refractivity contribution in [1.82, 2.24) is 61.7 Å². The fraction of sp³-hybridized carbons (Fsp3) is 0.628. The zero-order valence-electron chi connectivity index (χ0n) is 66.7. The Bertz CT molecular complexity index is 3470. The first-order chi connectivity index (χ1) is 52.5. The van der Waals surface area contributed by atoms with Gasteiger partial charge in [-0.05, 0) is 111 Å². The molecule has 32 nitrogen and oxygen atoms in total. The van der Waals surface area contributed by atoms with Crippen LogP contribution in [0.1, 0.15) is 137 Å². The normalized spacial score (nSPS) is 15.9. The highest BCUT2D eigenvalue weighted by Crippen LogP contribution is 2.31. The Kier molecular flexibility index (Phi) is 39.9. The molecule has 0 spiro atoms. The summed E-state index contributed by atoms with van der Waals surface area (Å²) in [7, 11) is 6.09. The molecule has 0 bridgehead atoms. The van der Waals surface area contributed by atoms with E-state index in [4.69, 9.17) is 43.6 Å². The van der Waals surface area contributed by atoms with Gasteiger partial charge in [0.15, 0.2) is 5.82 Å². The molecule has 110 heavy (non-hydrogen) atoms. The van der Waals surface area contributed by atoms with E-state index < -0.39 is 120 Å². The van der Waals surface area contributed by atoms with Gasteiger partial charge in [-0.15, -0.1) is 20.4 Å². The van der Waals surface area contributed by atoms with Crippen molar-refractivity contribution < 1.29 is 86.2 Å². The Morgan fingerprint density at radius 2 is 1.25 bits per heavy atom. The van der Waals surface area contributed by atoms with E-state index in [1.165, 1.54) is 26.2 Å². The third-order valence-electron chi connectivity index (χ3n) is 19.3. The van der Waals surface area contributed by atoms with Crippen LogP contribution < -0.4 is 42.4 Å². The fourth-order valence-electron chi connectivity index (χ4n) is 12.9. The minimum Gasteiger partial charge on any atom is -0.491 e. The maximum absolute atomic E-state index is 14.9. The van der Waals surface area contributed by atoms with Crippen molar-refractivity contribution in [2.45, 2.75) is 188 Å². The van der Waals surface area contributed by atoms with Gasteiger partial charge in [-0.25, -0.2) is 9.59 Å². The number of amides is 10. The number of ether oxygens (including phenoxy) is 8. The van der Waals surface area contributed by atoms with Crippen LogP contribution in [0, 0.1) is 36.5 Å². The highest BCUT2D eigenvalue weighted by Gasteiger charge is 2.44. The predicted molar refractivity (Wildman–Crippen MR) is 410 cm³/mol. The molecule has 9 N–H and O–H groups in total. The number of rotatable bonds is 49. The number of aryl methyl sites for hydroxylation is 1. The molecule has 2 heterocycles. The quantitative estimate of drug-likeness (QED) is 0.0246. The first-order valence-electron chi connectivity index (χ1n) is 38.0. The molecule has 32 heteroatoms. The second-order valence-corrected chi connectivity index (χ2v) is 28.6. The summed E-state index contributed by atoms with van der Waals surface area (Å²) in [5.41, 5.74) is 7.58. The molecular weight excluding hydrogens is 1420 g/mol. The summed E-state index contributed by atoms with van der Waals surface area (Å²) in [4.78, 5) is 128. The van der Waals surface area contributed by atoms with Crippen molar-refractivity contribution in [3.63, 3.8) is 0 Å². The smallest absolute Gasteiger partial charge is 0.410 e. The molecule has 12 atom stereocenters. The van der Waals surface area contributed by atoms with Crippen LogP contribution in [-0.2, 0) is 73.3 Å². The largest absolute Gasteiger partial charge is 0.491 e. The topological polar surface area (TPSA) is 407 Å². The number of hydrogen-bond donors (Lipinski definition) is 8. The standard InChI is InChI=1S/C78H120N14O18/c1-16-51(8)68(62(103-14)46-64(94)92-36-21-25-61(92)70(104-15)52(9)72(96)81-53(10)69(95)56-22-18-17-19-23-56)90(12)76(100)66(49(4)5)85-75(99)67(50(6)7)91(13)78(102)110-47-55-26-30-58(31-27-55)82-73(97)60(24-20-35-80-77(79)101)83-74(98)65(48(2)3)84-63(93)34-37-105-38-39-106-40-41-107-42-43-108-44-45-109-59-32-28-57(29-33-59)71-88-86-54(11)87-89-71/h17-19,22-23,26-33,48-53,60-62,65-70,95H,16,20-21,24-25,34-47H2,1-15H3,(H,81,96)(H,82,97)(H,83,98)(H,84,93)(H,85,99)(H3,79,80,101). The lowest BCUT2D eigenvalue weighted by atomic mass is 9.89. The van der Waals surface area contributed by atoms with E-state index in [1.54, 1.807) is 116 Å². The van der Waals surface area contributed by atoms with E-state index in [2.05, 4.69) is 52.3 Å². The Hall–Kier alpha value is -9.05. The van der Waals surface area contributed by atoms with E-state index in [0.29, 0.717) is 99.7 Å². The molecule has 3 aromatic carbocycles. The van der Waals surface area contributed by atoms with Crippen LogP contribution in [0.4, 0.5) is 15.3 Å². The zero-order chi connectivity index (χ0) is 81.0. The monoisotopic (exact) mass is 1540 g/mol. The number of nitrogens with zero attached hydrogens (tertiary/aromatic N) is 7. The number of aliphatic hydroxyl groups excluding tert-OH is 1. The van der Waals surface area contributed by atoms with Gasteiger partial charge >= 0.3 is 12.1 Å². The Morgan fingerprint density at radius 3 is 1.82 bits per heavy atom. The molecule has 1 aromatic heterocycles. The molecular formula is C78H120N14O18. The van der Waals surface area contributed by atoms with E-state index in [9.17, 15) is 48.3 Å². The molecule has 10 amide bonds. The number of methoxy groups -OCH3 is 2. The summed E-state index contributed by atoms with van der Waals surface area (Å²) >= 11 is 0. The van der Waals surface area contributed by atoms with Crippen LogP contribution in [0.5, 0.6) is 5.75 Å². The maximum Gasteiger partial charge on any atom is 0.410 e. The lowest BCUT2D eigenvalue weighted by Crippen LogP contribution is -2.60. The van der Waals surface area contributed by atoms with Crippen LogP contribution in [0.2, 0.25) is 0 Å². The van der Waals surface area contributed by atoms with Crippen LogP contribution in [0.25, 0.3) is 11.4 Å². The molecule has 1 fully saturated rings. The van der Waals surface area contributed by atoms with Gasteiger partial charge < -0.3 is 90.4 Å². The van der Waals surface area contributed by atoms with Gasteiger partial charge in [0.1, 0.15) is 43.1 Å². The minimum absolute atomic E-state index is 0.0534. The number of urea groups is 1. The van der Waals surface area contributed by atoms with Gasteiger partial charge in [0, 0.05) is 59.1 Å². The number of aliphatic hydroxyl groups is 1. The molecule has 1 aliphatic rings. The van der Waals surface area contributed by atoms with Crippen molar-refractivity contribution in [3.05, 3.63) is 95.8 Å². The minimum atomic E-state index is -1.12. The molecule has 12 unspecified atom stereocenters. The van der Waals surface area contributed by atoms with Crippen molar-refractivity contribution in [1.29, 1.82) is 0 Å². The highest BCUT2D eigenvalue weighted by molar-refractivity contribution is 5.98. The third-order valence-corrected chi connectivity index (χ3v) is 19.3. The lowest BCUT2D eigenvalue weighted by molar-refractivity contribution is -0.148. The number of likely N-dealkylation sites (tertiary alicyclic amines) is 1. The van der Waals surface area contributed by atoms with Gasteiger partial charge in [-0.2, -0.15) is 0 Å². The number of aromatic nitrogens is 4. The third kappa shape index (κ3) is 29.6. The molecule has 0 radical (unpaired) electrons. The van der Waals surface area contributed by atoms with Crippen molar-refractivity contribution in [3.8, 4) is 17.1 Å². The molecule has 1 aliphatic heterocycles. The second-order valence-electron chi connectivity index (χ2n) is 28.6. The summed E-state index contributed by atoms with van der Waals surface area (Å²) in [5.74, 6) is -3.77. The second kappa shape index (κ2) is 47.9. The Balaban J connectivity index is 1.06. The average molecular weight is 1540 g/mol. The van der Waals surface area contributed by atoms with Gasteiger partial charge in [0.2, 0.25) is 47.2 Å². The number of primary amides is 1. The van der Waals surface area contributed by atoms with E-state index >= 15 is 0 Å². The zero-order valence-corrected chi connectivity index (χ0v) is 66.7. The van der Waals surface area contributed by atoms with Crippen molar-refractivity contribution in [2.24, 2.45) is 35.3 Å². The maximum atomic E-state index is 14.9. The summed E-state index contributed by atoms with van der Waals surface area (Å²) in [5, 5.41) is 43.6. The van der Waals surface area contributed by atoms with Crippen LogP contribution >= 0.6 is 0 Å². The van der Waals surface area contributed by atoms with E-state index in [1.807, 2.05) is 56.3 Å². The number of hydrogen-bond acceptors (Lipinski definition) is 22.